The highest BCUT2D eigenvalue weighted by atomic mass is 32.2. The largest absolute Gasteiger partial charge is 0.497 e. The van der Waals surface area contributed by atoms with Gasteiger partial charge in [-0.1, -0.05) is 31.5 Å². The van der Waals surface area contributed by atoms with Crippen molar-refractivity contribution >= 4 is 17.7 Å². The van der Waals surface area contributed by atoms with Crippen LogP contribution in [0, 0.1) is 5.92 Å². The minimum absolute atomic E-state index is 0.287. The Morgan fingerprint density at radius 3 is 2.65 bits per heavy atom. The van der Waals surface area contributed by atoms with Crippen LogP contribution < -0.4 is 10.5 Å². The summed E-state index contributed by atoms with van der Waals surface area (Å²) in [5.41, 5.74) is 6.30. The molecule has 6 nitrogen and oxygen atoms in total. The number of nitrogens with two attached hydrogens (primary N) is 1. The third-order valence-electron chi connectivity index (χ3n) is 4.99. The second kappa shape index (κ2) is 8.58. The minimum Gasteiger partial charge on any atom is -0.497 e. The molecule has 1 aliphatic carbocycles. The first-order valence-corrected chi connectivity index (χ1v) is 10.1. The summed E-state index contributed by atoms with van der Waals surface area (Å²) in [7, 11) is 1.66. The number of methoxy groups -OCH3 is 1. The first kappa shape index (κ1) is 18.8. The summed E-state index contributed by atoms with van der Waals surface area (Å²) in [5, 5.41) is 9.79. The van der Waals surface area contributed by atoms with Crippen LogP contribution >= 0.6 is 11.8 Å². The maximum absolute atomic E-state index is 11.1. The Kier molecular flexibility index (Phi) is 6.19. The van der Waals surface area contributed by atoms with Gasteiger partial charge in [0.1, 0.15) is 5.75 Å². The Hall–Kier alpha value is -2.02. The zero-order chi connectivity index (χ0) is 18.5. The number of rotatable bonds is 7. The quantitative estimate of drug-likeness (QED) is 0.748. The Balaban J connectivity index is 1.94. The molecule has 0 radical (unpaired) electrons. The number of carbonyl (C=O) groups is 1. The molecule has 3 rings (SSSR count). The summed E-state index contributed by atoms with van der Waals surface area (Å²) < 4.78 is 7.53. The normalized spacial score (nSPS) is 20.1. The molecule has 2 unspecified atom stereocenters. The number of thioether (sulfide) groups is 1. The van der Waals surface area contributed by atoms with Gasteiger partial charge in [-0.3, -0.25) is 9.36 Å². The van der Waals surface area contributed by atoms with E-state index in [1.165, 1.54) is 19.3 Å². The molecule has 2 aromatic rings. The van der Waals surface area contributed by atoms with Crippen molar-refractivity contribution in [2.24, 2.45) is 11.7 Å². The van der Waals surface area contributed by atoms with Gasteiger partial charge < -0.3 is 10.5 Å². The van der Waals surface area contributed by atoms with Gasteiger partial charge in [-0.15, -0.1) is 10.2 Å². The van der Waals surface area contributed by atoms with E-state index >= 15 is 0 Å². The number of ether oxygens (including phenoxy) is 1. The summed E-state index contributed by atoms with van der Waals surface area (Å²) in [5.74, 6) is 2.61. The maximum atomic E-state index is 11.1. The average Bonchev–Trinajstić information content (AvgIpc) is 3.05. The second-order valence-corrected chi connectivity index (χ2v) is 7.86. The monoisotopic (exact) mass is 374 g/mol. The molecule has 1 amide bonds. The molecule has 0 bridgehead atoms. The van der Waals surface area contributed by atoms with Gasteiger partial charge in [0, 0.05) is 23.8 Å². The Bertz CT molecular complexity index is 744. The third kappa shape index (κ3) is 4.20. The van der Waals surface area contributed by atoms with E-state index in [1.807, 2.05) is 24.3 Å². The number of aromatic nitrogens is 3. The van der Waals surface area contributed by atoms with E-state index in [0.29, 0.717) is 24.1 Å². The van der Waals surface area contributed by atoms with Crippen molar-refractivity contribution in [1.29, 1.82) is 0 Å². The number of amides is 1. The van der Waals surface area contributed by atoms with Gasteiger partial charge >= 0.3 is 0 Å². The molecule has 0 spiro atoms. The molecule has 1 aromatic heterocycles. The number of benzene rings is 1. The van der Waals surface area contributed by atoms with Gasteiger partial charge in [0.05, 0.1) is 7.11 Å². The van der Waals surface area contributed by atoms with Gasteiger partial charge in [0.2, 0.25) is 5.91 Å². The van der Waals surface area contributed by atoms with Crippen LogP contribution in [0.15, 0.2) is 29.4 Å². The predicted molar refractivity (Wildman–Crippen MR) is 103 cm³/mol. The molecule has 1 fully saturated rings. The lowest BCUT2D eigenvalue weighted by atomic mass is 9.85. The van der Waals surface area contributed by atoms with E-state index < -0.39 is 0 Å². The Morgan fingerprint density at radius 2 is 2.00 bits per heavy atom. The van der Waals surface area contributed by atoms with Crippen LogP contribution in [-0.4, -0.2) is 33.5 Å². The van der Waals surface area contributed by atoms with Crippen molar-refractivity contribution in [3.05, 3.63) is 24.3 Å². The van der Waals surface area contributed by atoms with E-state index in [4.69, 9.17) is 10.5 Å². The smallest absolute Gasteiger partial charge is 0.218 e. The zero-order valence-electron chi connectivity index (χ0n) is 15.4. The topological polar surface area (TPSA) is 83.0 Å². The highest BCUT2D eigenvalue weighted by Crippen LogP contribution is 2.39. The summed E-state index contributed by atoms with van der Waals surface area (Å²) in [6, 6.07) is 8.30. The highest BCUT2D eigenvalue weighted by molar-refractivity contribution is 7.99. The standard InChI is InChI=1S/C19H26N4O2S/c1-13-5-3-4-6-16(13)23-18(14-7-9-15(25-2)10-8-14)21-22-19(23)26-12-11-17(20)24/h7-10,13,16H,3-6,11-12H2,1-2H3,(H2,20,24). The number of hydrogen-bond donors (Lipinski definition) is 1. The van der Waals surface area contributed by atoms with Crippen molar-refractivity contribution in [2.45, 2.75) is 50.2 Å². The van der Waals surface area contributed by atoms with Gasteiger partial charge in [-0.05, 0) is 43.0 Å². The molecule has 1 heterocycles. The Morgan fingerprint density at radius 1 is 1.27 bits per heavy atom. The summed E-state index contributed by atoms with van der Waals surface area (Å²) in [4.78, 5) is 11.1. The fourth-order valence-electron chi connectivity index (χ4n) is 3.53. The number of nitrogens with zero attached hydrogens (tertiary/aromatic N) is 3. The molecule has 1 aliphatic rings. The summed E-state index contributed by atoms with van der Waals surface area (Å²) >= 11 is 1.56. The zero-order valence-corrected chi connectivity index (χ0v) is 16.2. The number of primary amides is 1. The SMILES string of the molecule is COc1ccc(-c2nnc(SCCC(N)=O)n2C2CCCCC2C)cc1. The van der Waals surface area contributed by atoms with Crippen molar-refractivity contribution in [3.8, 4) is 17.1 Å². The molecule has 2 atom stereocenters. The molecular formula is C19H26N4O2S. The van der Waals surface area contributed by atoms with Crippen LogP contribution in [-0.2, 0) is 4.79 Å². The molecule has 0 saturated heterocycles. The van der Waals surface area contributed by atoms with Crippen LogP contribution in [0.1, 0.15) is 45.1 Å². The van der Waals surface area contributed by atoms with Crippen molar-refractivity contribution < 1.29 is 9.53 Å². The average molecular weight is 375 g/mol. The fourth-order valence-corrected chi connectivity index (χ4v) is 4.48. The van der Waals surface area contributed by atoms with E-state index in [2.05, 4.69) is 21.7 Å². The molecule has 26 heavy (non-hydrogen) atoms. The lowest BCUT2D eigenvalue weighted by Crippen LogP contribution is -2.22. The molecule has 7 heteroatoms. The number of carbonyl (C=O) groups excluding carboxylic acids is 1. The van der Waals surface area contributed by atoms with Crippen molar-refractivity contribution in [3.63, 3.8) is 0 Å². The van der Waals surface area contributed by atoms with Crippen LogP contribution in [0.5, 0.6) is 5.75 Å². The molecular weight excluding hydrogens is 348 g/mol. The van der Waals surface area contributed by atoms with Crippen molar-refractivity contribution in [2.75, 3.05) is 12.9 Å². The second-order valence-electron chi connectivity index (χ2n) is 6.80. The minimum atomic E-state index is -0.287. The third-order valence-corrected chi connectivity index (χ3v) is 5.94. The van der Waals surface area contributed by atoms with Crippen LogP contribution in [0.4, 0.5) is 0 Å². The van der Waals surface area contributed by atoms with E-state index in [1.54, 1.807) is 18.9 Å². The van der Waals surface area contributed by atoms with Crippen molar-refractivity contribution in [1.82, 2.24) is 14.8 Å². The maximum Gasteiger partial charge on any atom is 0.218 e. The number of hydrogen-bond acceptors (Lipinski definition) is 5. The first-order valence-electron chi connectivity index (χ1n) is 9.10. The predicted octanol–water partition coefficient (Wildman–Crippen LogP) is 3.67. The van der Waals surface area contributed by atoms with Gasteiger partial charge in [0.15, 0.2) is 11.0 Å². The lowest BCUT2D eigenvalue weighted by Gasteiger charge is -2.31. The lowest BCUT2D eigenvalue weighted by molar-refractivity contribution is -0.117. The van der Waals surface area contributed by atoms with Crippen LogP contribution in [0.25, 0.3) is 11.4 Å². The fraction of sp³-hybridized carbons (Fsp3) is 0.526. The van der Waals surface area contributed by atoms with E-state index in [-0.39, 0.29) is 5.91 Å². The van der Waals surface area contributed by atoms with Gasteiger partial charge in [0.25, 0.3) is 0 Å². The Labute approximate surface area is 158 Å². The van der Waals surface area contributed by atoms with Crippen LogP contribution in [0.3, 0.4) is 0 Å². The molecule has 0 aliphatic heterocycles. The first-order chi connectivity index (χ1) is 12.6. The molecule has 1 aromatic carbocycles. The van der Waals surface area contributed by atoms with Gasteiger partial charge in [-0.25, -0.2) is 0 Å². The van der Waals surface area contributed by atoms with E-state index in [9.17, 15) is 4.79 Å². The van der Waals surface area contributed by atoms with Gasteiger partial charge in [-0.2, -0.15) is 0 Å². The summed E-state index contributed by atoms with van der Waals surface area (Å²) in [6.45, 7) is 2.31. The molecule has 1 saturated carbocycles. The van der Waals surface area contributed by atoms with Crippen LogP contribution in [0.2, 0.25) is 0 Å². The molecule has 140 valence electrons. The molecule has 2 N–H and O–H groups in total. The van der Waals surface area contributed by atoms with E-state index in [0.717, 1.165) is 28.7 Å². The summed E-state index contributed by atoms with van der Waals surface area (Å²) in [6.07, 6.45) is 5.19. The highest BCUT2D eigenvalue weighted by Gasteiger charge is 2.28.